The number of aromatic nitrogens is 2. The van der Waals surface area contributed by atoms with E-state index < -0.39 is 23.5 Å². The van der Waals surface area contributed by atoms with Gasteiger partial charge >= 0.3 is 0 Å². The van der Waals surface area contributed by atoms with Gasteiger partial charge in [-0.15, -0.1) is 0 Å². The number of nitrogens with one attached hydrogen (secondary N) is 1. The Morgan fingerprint density at radius 2 is 2.03 bits per heavy atom. The lowest BCUT2D eigenvalue weighted by Gasteiger charge is -2.25. The summed E-state index contributed by atoms with van der Waals surface area (Å²) in [7, 11) is 1.49. The average molecular weight is 436 g/mol. The zero-order chi connectivity index (χ0) is 22.7. The molecule has 8 heteroatoms. The van der Waals surface area contributed by atoms with Crippen LogP contribution in [0, 0.1) is 5.82 Å². The van der Waals surface area contributed by atoms with Crippen LogP contribution >= 0.6 is 0 Å². The number of benzene rings is 2. The van der Waals surface area contributed by atoms with Gasteiger partial charge in [0, 0.05) is 18.5 Å². The first-order valence-electron chi connectivity index (χ1n) is 10.2. The van der Waals surface area contributed by atoms with Crippen molar-refractivity contribution in [2.75, 3.05) is 13.7 Å². The zero-order valence-corrected chi connectivity index (χ0v) is 17.5. The van der Waals surface area contributed by atoms with E-state index in [9.17, 15) is 19.1 Å². The first-order chi connectivity index (χ1) is 15.5. The maximum absolute atomic E-state index is 14.0. The summed E-state index contributed by atoms with van der Waals surface area (Å²) in [6.45, 7) is 0.886. The van der Waals surface area contributed by atoms with Crippen molar-refractivity contribution in [1.82, 2.24) is 9.88 Å². The van der Waals surface area contributed by atoms with Crippen LogP contribution in [0.5, 0.6) is 5.75 Å². The maximum Gasteiger partial charge on any atom is 0.295 e. The number of carbonyl (C=O) groups excluding carboxylic acids is 2. The molecule has 2 N–H and O–H groups in total. The molecule has 32 heavy (non-hydrogen) atoms. The standard InChI is InChI=1S/C24H22FN3O4/c1-32-19-8-3-6-17(14-19)22(29)20-21(16-5-2-7-18(25)13-16)28(24(31)23(20)30)11-4-10-27-12-9-26-15-27/h2-3,5-9,12-15,21H,4,10-11H2,1H3,(H,29,30)/p+1. The highest BCUT2D eigenvalue weighted by atomic mass is 19.1. The second-order valence-corrected chi connectivity index (χ2v) is 7.48. The van der Waals surface area contributed by atoms with Crippen LogP contribution in [0.2, 0.25) is 0 Å². The SMILES string of the molecule is COc1cccc(C(O)=C2C(=O)C(=O)N(CCC[n+]3cc[nH]c3)C2c2cccc(F)c2)c1. The second-order valence-electron chi connectivity index (χ2n) is 7.48. The van der Waals surface area contributed by atoms with Crippen molar-refractivity contribution >= 4 is 17.4 Å². The lowest BCUT2D eigenvalue weighted by Crippen LogP contribution is -2.36. The zero-order valence-electron chi connectivity index (χ0n) is 17.5. The Labute approximate surface area is 184 Å². The van der Waals surface area contributed by atoms with Crippen molar-refractivity contribution in [1.29, 1.82) is 0 Å². The van der Waals surface area contributed by atoms with Crippen LogP contribution in [0.1, 0.15) is 23.6 Å². The van der Waals surface area contributed by atoms with E-state index in [1.807, 2.05) is 10.8 Å². The van der Waals surface area contributed by atoms with Gasteiger partial charge in [0.05, 0.1) is 25.3 Å². The number of aromatic amines is 1. The molecule has 1 atom stereocenters. The van der Waals surface area contributed by atoms with Gasteiger partial charge in [-0.05, 0) is 29.8 Å². The Hall–Kier alpha value is -3.94. The Balaban J connectivity index is 1.75. The van der Waals surface area contributed by atoms with Crippen LogP contribution in [0.15, 0.2) is 72.8 Å². The Bertz CT molecular complexity index is 1170. The molecule has 0 bridgehead atoms. The molecule has 0 saturated carbocycles. The number of halogens is 1. The molecule has 4 rings (SSSR count). The van der Waals surface area contributed by atoms with Crippen molar-refractivity contribution in [3.05, 3.63) is 89.8 Å². The molecule has 1 aromatic heterocycles. The number of hydrogen-bond donors (Lipinski definition) is 2. The number of aryl methyl sites for hydroxylation is 1. The third kappa shape index (κ3) is 4.12. The fourth-order valence-electron chi connectivity index (χ4n) is 3.94. The number of aliphatic hydroxyl groups excluding tert-OH is 1. The fraction of sp³-hybridized carbons (Fsp3) is 0.208. The maximum atomic E-state index is 14.0. The molecule has 0 spiro atoms. The van der Waals surface area contributed by atoms with Gasteiger partial charge in [0.1, 0.15) is 29.7 Å². The molecule has 3 aromatic rings. The van der Waals surface area contributed by atoms with E-state index in [0.29, 0.717) is 29.8 Å². The van der Waals surface area contributed by atoms with E-state index in [1.165, 1.54) is 30.2 Å². The van der Waals surface area contributed by atoms with Gasteiger partial charge in [-0.25, -0.2) is 8.96 Å². The summed E-state index contributed by atoms with van der Waals surface area (Å²) in [6, 6.07) is 11.4. The topological polar surface area (TPSA) is 86.5 Å². The van der Waals surface area contributed by atoms with Crippen LogP contribution in [-0.2, 0) is 16.1 Å². The first-order valence-corrected chi connectivity index (χ1v) is 10.2. The van der Waals surface area contributed by atoms with Gasteiger partial charge in [-0.2, -0.15) is 0 Å². The van der Waals surface area contributed by atoms with Crippen molar-refractivity contribution < 1.29 is 28.4 Å². The van der Waals surface area contributed by atoms with Crippen LogP contribution in [0.3, 0.4) is 0 Å². The summed E-state index contributed by atoms with van der Waals surface area (Å²) in [6.07, 6.45) is 6.01. The molecule has 1 amide bonds. The van der Waals surface area contributed by atoms with E-state index in [-0.39, 0.29) is 17.9 Å². The summed E-state index contributed by atoms with van der Waals surface area (Å²) >= 11 is 0. The average Bonchev–Trinajstić information content (AvgIpc) is 3.41. The van der Waals surface area contributed by atoms with Gasteiger partial charge in [0.2, 0.25) is 6.33 Å². The highest BCUT2D eigenvalue weighted by Gasteiger charge is 2.46. The molecule has 7 nitrogen and oxygen atoms in total. The summed E-state index contributed by atoms with van der Waals surface area (Å²) in [5, 5.41) is 11.0. The molecule has 2 aromatic carbocycles. The quantitative estimate of drug-likeness (QED) is 0.258. The third-order valence-electron chi connectivity index (χ3n) is 5.47. The molecule has 0 radical (unpaired) electrons. The second kappa shape index (κ2) is 9.05. The van der Waals surface area contributed by atoms with Gasteiger partial charge in [-0.1, -0.05) is 24.3 Å². The number of methoxy groups -OCH3 is 1. The number of aliphatic hydroxyl groups is 1. The molecular formula is C24H23FN3O4+. The largest absolute Gasteiger partial charge is 0.507 e. The number of Topliss-reactive ketones (excluding diaryl/α,β-unsaturated/α-hetero) is 1. The number of ether oxygens (including phenoxy) is 1. The lowest BCUT2D eigenvalue weighted by molar-refractivity contribution is -0.695. The number of nitrogens with zero attached hydrogens (tertiary/aromatic N) is 2. The minimum Gasteiger partial charge on any atom is -0.507 e. The fourth-order valence-corrected chi connectivity index (χ4v) is 3.94. The summed E-state index contributed by atoms with van der Waals surface area (Å²) < 4.78 is 21.2. The van der Waals surface area contributed by atoms with Crippen LogP contribution in [0.4, 0.5) is 4.39 Å². The van der Waals surface area contributed by atoms with E-state index in [4.69, 9.17) is 4.74 Å². The molecule has 2 heterocycles. The first kappa shape index (κ1) is 21.3. The number of H-pyrrole nitrogens is 1. The minimum absolute atomic E-state index is 0.0665. The summed E-state index contributed by atoms with van der Waals surface area (Å²) in [4.78, 5) is 30.3. The predicted molar refractivity (Wildman–Crippen MR) is 114 cm³/mol. The number of hydrogen-bond acceptors (Lipinski definition) is 4. The van der Waals surface area contributed by atoms with Crippen molar-refractivity contribution in [3.63, 3.8) is 0 Å². The number of imidazole rings is 1. The van der Waals surface area contributed by atoms with E-state index >= 15 is 0 Å². The molecular weight excluding hydrogens is 413 g/mol. The van der Waals surface area contributed by atoms with Crippen LogP contribution in [-0.4, -0.2) is 40.3 Å². The van der Waals surface area contributed by atoms with E-state index in [0.717, 1.165) is 0 Å². The van der Waals surface area contributed by atoms with Crippen LogP contribution < -0.4 is 9.30 Å². The molecule has 1 fully saturated rings. The predicted octanol–water partition coefficient (Wildman–Crippen LogP) is 2.96. The number of likely N-dealkylation sites (tertiary alicyclic amines) is 1. The normalized spacial score (nSPS) is 17.7. The highest BCUT2D eigenvalue weighted by molar-refractivity contribution is 6.46. The van der Waals surface area contributed by atoms with Gasteiger partial charge in [-0.3, -0.25) is 14.6 Å². The van der Waals surface area contributed by atoms with E-state index in [1.54, 1.807) is 42.9 Å². The Kier molecular flexibility index (Phi) is 6.02. The van der Waals surface area contributed by atoms with E-state index in [2.05, 4.69) is 4.98 Å². The number of carbonyl (C=O) groups is 2. The van der Waals surface area contributed by atoms with Gasteiger partial charge in [0.15, 0.2) is 0 Å². The third-order valence-corrected chi connectivity index (χ3v) is 5.47. The van der Waals surface area contributed by atoms with Crippen molar-refractivity contribution in [2.45, 2.75) is 19.0 Å². The van der Waals surface area contributed by atoms with Gasteiger partial charge in [0.25, 0.3) is 11.7 Å². The summed E-state index contributed by atoms with van der Waals surface area (Å²) in [5.41, 5.74) is 0.692. The lowest BCUT2D eigenvalue weighted by atomic mass is 9.95. The number of amides is 1. The van der Waals surface area contributed by atoms with Crippen molar-refractivity contribution in [3.8, 4) is 5.75 Å². The Morgan fingerprint density at radius 1 is 1.22 bits per heavy atom. The van der Waals surface area contributed by atoms with Gasteiger partial charge < -0.3 is 14.7 Å². The molecule has 1 unspecified atom stereocenters. The minimum atomic E-state index is -0.895. The Morgan fingerprint density at radius 3 is 2.75 bits per heavy atom. The number of ketones is 1. The van der Waals surface area contributed by atoms with Crippen molar-refractivity contribution in [2.24, 2.45) is 0 Å². The summed E-state index contributed by atoms with van der Waals surface area (Å²) in [5.74, 6) is -1.83. The molecule has 1 saturated heterocycles. The molecule has 1 aliphatic heterocycles. The smallest absolute Gasteiger partial charge is 0.295 e. The number of rotatable bonds is 7. The molecule has 0 aliphatic carbocycles. The molecule has 164 valence electrons. The molecule has 1 aliphatic rings. The monoisotopic (exact) mass is 436 g/mol. The highest BCUT2D eigenvalue weighted by Crippen LogP contribution is 2.39. The van der Waals surface area contributed by atoms with Crippen LogP contribution in [0.25, 0.3) is 5.76 Å².